The van der Waals surface area contributed by atoms with Crippen molar-refractivity contribution in [1.82, 2.24) is 14.4 Å². The molecule has 3 heterocycles. The van der Waals surface area contributed by atoms with E-state index in [0.717, 1.165) is 30.7 Å². The average Bonchev–Trinajstić information content (AvgIpc) is 3.20. The summed E-state index contributed by atoms with van der Waals surface area (Å²) in [4.78, 5) is 22.6. The van der Waals surface area contributed by atoms with Crippen LogP contribution in [-0.2, 0) is 5.75 Å². The molecule has 0 aliphatic heterocycles. The predicted molar refractivity (Wildman–Crippen MR) is 106 cm³/mol. The molecule has 0 N–H and O–H groups in total. The number of thiazole rings is 2. The Balaban J connectivity index is 1.50. The fourth-order valence-electron chi connectivity index (χ4n) is 2.75. The van der Waals surface area contributed by atoms with E-state index in [1.165, 1.54) is 4.70 Å². The van der Waals surface area contributed by atoms with E-state index in [1.807, 2.05) is 42.5 Å². The first-order chi connectivity index (χ1) is 12.3. The quantitative estimate of drug-likeness (QED) is 0.421. The summed E-state index contributed by atoms with van der Waals surface area (Å²) in [5.41, 5.74) is 2.71. The molecule has 7 heteroatoms. The average molecular weight is 382 g/mol. The van der Waals surface area contributed by atoms with Crippen molar-refractivity contribution in [1.29, 1.82) is 0 Å². The van der Waals surface area contributed by atoms with Crippen LogP contribution < -0.4 is 5.56 Å². The number of rotatable bonds is 3. The first kappa shape index (κ1) is 15.1. The second kappa shape index (κ2) is 5.94. The molecule has 0 saturated heterocycles. The third-order valence-corrected chi connectivity index (χ3v) is 7.10. The summed E-state index contributed by atoms with van der Waals surface area (Å²) in [5.74, 6) is 0.639. The van der Waals surface area contributed by atoms with E-state index in [2.05, 4.69) is 16.0 Å². The molecule has 0 fully saturated rings. The lowest BCUT2D eigenvalue weighted by Crippen LogP contribution is -2.13. The fourth-order valence-corrected chi connectivity index (χ4v) is 5.76. The van der Waals surface area contributed by atoms with Crippen LogP contribution in [0.25, 0.3) is 25.4 Å². The SMILES string of the molecule is O=c1cc(CSc2nc3ccccc3s2)nc2sc3ccccc3n12. The predicted octanol–water partition coefficient (Wildman–Crippen LogP) is 4.81. The Hall–Kier alpha value is -2.22. The third kappa shape index (κ3) is 2.64. The van der Waals surface area contributed by atoms with Gasteiger partial charge in [0.1, 0.15) is 0 Å². The topological polar surface area (TPSA) is 47.3 Å². The molecule has 2 aromatic carbocycles. The highest BCUT2D eigenvalue weighted by molar-refractivity contribution is 8.00. The Morgan fingerprint density at radius 2 is 1.76 bits per heavy atom. The summed E-state index contributed by atoms with van der Waals surface area (Å²) in [5, 5.41) is 0. The summed E-state index contributed by atoms with van der Waals surface area (Å²) in [7, 11) is 0. The molecule has 0 spiro atoms. The van der Waals surface area contributed by atoms with Gasteiger partial charge in [-0.15, -0.1) is 11.3 Å². The number of aromatic nitrogens is 3. The number of thioether (sulfide) groups is 1. The summed E-state index contributed by atoms with van der Waals surface area (Å²) >= 11 is 4.84. The van der Waals surface area contributed by atoms with Crippen LogP contribution in [0.4, 0.5) is 0 Å². The maximum Gasteiger partial charge on any atom is 0.259 e. The van der Waals surface area contributed by atoms with Gasteiger partial charge < -0.3 is 0 Å². The van der Waals surface area contributed by atoms with Crippen LogP contribution in [0.3, 0.4) is 0 Å². The maximum absolute atomic E-state index is 12.5. The van der Waals surface area contributed by atoms with E-state index < -0.39 is 0 Å². The highest BCUT2D eigenvalue weighted by atomic mass is 32.2. The van der Waals surface area contributed by atoms with Crippen molar-refractivity contribution in [3.8, 4) is 0 Å². The molecular formula is C18H11N3OS3. The van der Waals surface area contributed by atoms with Crippen molar-refractivity contribution < 1.29 is 0 Å². The van der Waals surface area contributed by atoms with Crippen LogP contribution >= 0.6 is 34.4 Å². The molecule has 25 heavy (non-hydrogen) atoms. The number of para-hydroxylation sites is 2. The zero-order chi connectivity index (χ0) is 16.8. The molecule has 5 aromatic rings. The lowest BCUT2D eigenvalue weighted by molar-refractivity contribution is 1.07. The van der Waals surface area contributed by atoms with Gasteiger partial charge in [-0.1, -0.05) is 47.4 Å². The summed E-state index contributed by atoms with van der Waals surface area (Å²) in [6.45, 7) is 0. The first-order valence-electron chi connectivity index (χ1n) is 7.66. The molecule has 0 aliphatic rings. The molecule has 0 bridgehead atoms. The molecule has 0 atom stereocenters. The molecule has 122 valence electrons. The zero-order valence-electron chi connectivity index (χ0n) is 12.9. The highest BCUT2D eigenvalue weighted by Crippen LogP contribution is 2.31. The smallest absolute Gasteiger partial charge is 0.259 e. The van der Waals surface area contributed by atoms with Crippen molar-refractivity contribution in [3.63, 3.8) is 0 Å². The number of hydrogen-bond donors (Lipinski definition) is 0. The largest absolute Gasteiger partial charge is 0.269 e. The molecule has 0 amide bonds. The van der Waals surface area contributed by atoms with Gasteiger partial charge in [-0.3, -0.25) is 9.20 Å². The Morgan fingerprint density at radius 3 is 2.64 bits per heavy atom. The van der Waals surface area contributed by atoms with Crippen LogP contribution in [0.5, 0.6) is 0 Å². The van der Waals surface area contributed by atoms with Gasteiger partial charge in [0.25, 0.3) is 5.56 Å². The second-order valence-corrected chi connectivity index (χ2v) is 8.77. The third-order valence-electron chi connectivity index (χ3n) is 3.87. The number of fused-ring (bicyclic) bond motifs is 4. The van der Waals surface area contributed by atoms with Gasteiger partial charge in [0, 0.05) is 11.8 Å². The summed E-state index contributed by atoms with van der Waals surface area (Å²) < 4.78 is 4.94. The molecule has 0 unspecified atom stereocenters. The van der Waals surface area contributed by atoms with E-state index in [4.69, 9.17) is 0 Å². The van der Waals surface area contributed by atoms with Crippen molar-refractivity contribution in [2.75, 3.05) is 0 Å². The minimum absolute atomic E-state index is 0.0256. The molecule has 5 rings (SSSR count). The van der Waals surface area contributed by atoms with Crippen LogP contribution in [0.1, 0.15) is 5.69 Å². The van der Waals surface area contributed by atoms with Crippen molar-refractivity contribution in [2.24, 2.45) is 0 Å². The Morgan fingerprint density at radius 1 is 0.960 bits per heavy atom. The van der Waals surface area contributed by atoms with Crippen molar-refractivity contribution in [2.45, 2.75) is 10.1 Å². The van der Waals surface area contributed by atoms with E-state index in [9.17, 15) is 4.79 Å². The summed E-state index contributed by atoms with van der Waals surface area (Å²) in [6.07, 6.45) is 0. The van der Waals surface area contributed by atoms with Gasteiger partial charge in [-0.05, 0) is 24.3 Å². The number of nitrogens with zero attached hydrogens (tertiary/aromatic N) is 3. The normalized spacial score (nSPS) is 11.7. The van der Waals surface area contributed by atoms with Crippen LogP contribution in [-0.4, -0.2) is 14.4 Å². The zero-order valence-corrected chi connectivity index (χ0v) is 15.3. The second-order valence-electron chi connectivity index (χ2n) is 5.51. The van der Waals surface area contributed by atoms with Gasteiger partial charge in [-0.25, -0.2) is 9.97 Å². The molecule has 0 saturated carbocycles. The Bertz CT molecular complexity index is 1250. The number of hydrogen-bond acceptors (Lipinski definition) is 6. The lowest BCUT2D eigenvalue weighted by atomic mass is 10.3. The van der Waals surface area contributed by atoms with E-state index in [1.54, 1.807) is 44.9 Å². The van der Waals surface area contributed by atoms with Crippen LogP contribution in [0.15, 0.2) is 63.7 Å². The first-order valence-corrected chi connectivity index (χ1v) is 10.3. The maximum atomic E-state index is 12.5. The van der Waals surface area contributed by atoms with Crippen molar-refractivity contribution in [3.05, 3.63) is 70.6 Å². The molecular weight excluding hydrogens is 370 g/mol. The Labute approximate surface area is 154 Å². The monoisotopic (exact) mass is 381 g/mol. The van der Waals surface area contributed by atoms with Gasteiger partial charge in [0.15, 0.2) is 9.30 Å². The van der Waals surface area contributed by atoms with Gasteiger partial charge in [0.05, 0.1) is 26.1 Å². The van der Waals surface area contributed by atoms with Crippen LogP contribution in [0.2, 0.25) is 0 Å². The van der Waals surface area contributed by atoms with Gasteiger partial charge >= 0.3 is 0 Å². The minimum atomic E-state index is -0.0256. The standard InChI is InChI=1S/C18H11N3OS3/c22-16-9-11(10-23-18-20-12-5-1-3-7-14(12)25-18)19-17-21(16)13-6-2-4-8-15(13)24-17/h1-9H,10H2. The van der Waals surface area contributed by atoms with E-state index >= 15 is 0 Å². The highest BCUT2D eigenvalue weighted by Gasteiger charge is 2.10. The number of benzene rings is 2. The van der Waals surface area contributed by atoms with Crippen molar-refractivity contribution >= 4 is 59.8 Å². The van der Waals surface area contributed by atoms with Gasteiger partial charge in [0.2, 0.25) is 0 Å². The fraction of sp³-hybridized carbons (Fsp3) is 0.0556. The molecule has 0 aliphatic carbocycles. The van der Waals surface area contributed by atoms with E-state index in [0.29, 0.717) is 5.75 Å². The van der Waals surface area contributed by atoms with Gasteiger partial charge in [-0.2, -0.15) is 0 Å². The minimum Gasteiger partial charge on any atom is -0.269 e. The molecule has 3 aromatic heterocycles. The summed E-state index contributed by atoms with van der Waals surface area (Å²) in [6, 6.07) is 17.6. The Kier molecular flexibility index (Phi) is 3.58. The molecule has 0 radical (unpaired) electrons. The molecule has 4 nitrogen and oxygen atoms in total. The van der Waals surface area contributed by atoms with Crippen LogP contribution in [0, 0.1) is 0 Å². The van der Waals surface area contributed by atoms with E-state index in [-0.39, 0.29) is 5.56 Å². The lowest BCUT2D eigenvalue weighted by Gasteiger charge is -1.99.